The van der Waals surface area contributed by atoms with Crippen LogP contribution in [0.1, 0.15) is 61.5 Å². The fourth-order valence-corrected chi connectivity index (χ4v) is 14.2. The van der Waals surface area contributed by atoms with Crippen molar-refractivity contribution in [1.82, 2.24) is 13.7 Å². The van der Waals surface area contributed by atoms with Crippen molar-refractivity contribution < 1.29 is 0 Å². The molecule has 14 rings (SSSR count). The van der Waals surface area contributed by atoms with Crippen LogP contribution in [-0.2, 0) is 6.42 Å². The van der Waals surface area contributed by atoms with Gasteiger partial charge >= 0.3 is 0 Å². The van der Waals surface area contributed by atoms with Gasteiger partial charge in [0, 0.05) is 95.3 Å². The minimum atomic E-state index is 0.316. The molecule has 0 radical (unpaired) electrons. The van der Waals surface area contributed by atoms with Crippen LogP contribution in [0.4, 0.5) is 11.4 Å². The highest BCUT2D eigenvalue weighted by Gasteiger charge is 2.37. The molecule has 0 N–H and O–H groups in total. The molecule has 1 unspecified atom stereocenters. The molecule has 6 heteroatoms. The van der Waals surface area contributed by atoms with Crippen LogP contribution in [0.2, 0.25) is 0 Å². The summed E-state index contributed by atoms with van der Waals surface area (Å²) in [5.74, 6) is 0. The number of para-hydroxylation sites is 3. The summed E-state index contributed by atoms with van der Waals surface area (Å²) in [4.78, 5) is 7.43. The van der Waals surface area contributed by atoms with Gasteiger partial charge in [-0.2, -0.15) is 0 Å². The Bertz CT molecular complexity index is 4480. The molecule has 3 aromatic heterocycles. The van der Waals surface area contributed by atoms with E-state index < -0.39 is 0 Å². The predicted octanol–water partition coefficient (Wildman–Crippen LogP) is 19.9. The Kier molecular flexibility index (Phi) is 13.5. The molecule has 5 nitrogen and oxygen atoms in total. The van der Waals surface area contributed by atoms with Crippen molar-refractivity contribution in [2.24, 2.45) is 0 Å². The normalized spacial score (nSPS) is 15.9. The number of hydrogen-bond acceptors (Lipinski definition) is 3. The summed E-state index contributed by atoms with van der Waals surface area (Å²) < 4.78 is 7.37. The van der Waals surface area contributed by atoms with Gasteiger partial charge in [-0.1, -0.05) is 146 Å². The number of hydrogen-bond donors (Lipinski definition) is 0. The quantitative estimate of drug-likeness (QED) is 0.120. The van der Waals surface area contributed by atoms with Gasteiger partial charge in [-0.25, -0.2) is 0 Å². The van der Waals surface area contributed by atoms with Gasteiger partial charge in [-0.15, -0.1) is 0 Å². The molecule has 0 saturated carbocycles. The van der Waals surface area contributed by atoms with E-state index in [0.717, 1.165) is 61.1 Å². The summed E-state index contributed by atoms with van der Waals surface area (Å²) in [7, 11) is 2.21. The van der Waals surface area contributed by atoms with Crippen molar-refractivity contribution >= 4 is 78.4 Å². The molecule has 1 atom stereocenters. The Labute approximate surface area is 485 Å². The molecule has 0 spiro atoms. The number of benzene rings is 7. The highest BCUT2D eigenvalue weighted by molar-refractivity contribution is 7.99. The van der Waals surface area contributed by atoms with Crippen molar-refractivity contribution in [2.45, 2.75) is 68.2 Å². The lowest BCUT2D eigenvalue weighted by Crippen LogP contribution is -2.30. The number of anilines is 2. The van der Waals surface area contributed by atoms with Gasteiger partial charge < -0.3 is 23.5 Å². The van der Waals surface area contributed by atoms with Gasteiger partial charge in [-0.05, 0) is 196 Å². The van der Waals surface area contributed by atoms with Gasteiger partial charge in [0.15, 0.2) is 0 Å². The van der Waals surface area contributed by atoms with E-state index in [9.17, 15) is 0 Å². The molecule has 0 bridgehead atoms. The first-order chi connectivity index (χ1) is 40.4. The summed E-state index contributed by atoms with van der Waals surface area (Å²) in [6.07, 6.45) is 28.6. The Morgan fingerprint density at radius 1 is 0.610 bits per heavy atom. The predicted molar refractivity (Wildman–Crippen MR) is 350 cm³/mol. The van der Waals surface area contributed by atoms with Crippen LogP contribution in [0.5, 0.6) is 0 Å². The maximum absolute atomic E-state index is 3.91. The third-order valence-electron chi connectivity index (χ3n) is 17.2. The van der Waals surface area contributed by atoms with Crippen molar-refractivity contribution in [2.75, 3.05) is 16.8 Å². The molecule has 4 heterocycles. The van der Waals surface area contributed by atoms with Gasteiger partial charge in [-0.3, -0.25) is 0 Å². The SMILES string of the molecule is C=C/C=C\C(=C/C)c1ccccc1N(C)C1=Cc2c(n(-c3ccc(Sc4ccc(-n5c6ccc(N7C8=C(CCC=C8)C8=CC=CCCC87)cc6c6cc(-n7c(C)cccccc8ccccc87)ccc65)cc4)cc3)c3ccccc23)CC1. The fourth-order valence-electron chi connectivity index (χ4n) is 13.3. The summed E-state index contributed by atoms with van der Waals surface area (Å²) >= 11 is 1.81. The minimum absolute atomic E-state index is 0.316. The second-order valence-corrected chi connectivity index (χ2v) is 23.0. The summed E-state index contributed by atoms with van der Waals surface area (Å²) in [6, 6.07) is 70.1. The minimum Gasteiger partial charge on any atom is -0.348 e. The number of aryl methyl sites for hydroxylation is 1. The van der Waals surface area contributed by atoms with Crippen molar-refractivity contribution in [3.63, 3.8) is 0 Å². The van der Waals surface area contributed by atoms with Gasteiger partial charge in [0.05, 0.1) is 28.1 Å². The molecule has 0 amide bonds. The van der Waals surface area contributed by atoms with Crippen molar-refractivity contribution in [3.8, 4) is 17.1 Å². The average molecular weight is 1080 g/mol. The van der Waals surface area contributed by atoms with E-state index in [1.54, 1.807) is 0 Å². The molecule has 4 aliphatic rings. The molecule has 1 aliphatic heterocycles. The van der Waals surface area contributed by atoms with Crippen LogP contribution in [0, 0.1) is 6.92 Å². The number of rotatable bonds is 11. The summed E-state index contributed by atoms with van der Waals surface area (Å²) in [5.41, 5.74) is 22.5. The topological polar surface area (TPSA) is 21.3 Å². The second kappa shape index (κ2) is 21.7. The number of fused-ring (bicyclic) bond motifs is 9. The summed E-state index contributed by atoms with van der Waals surface area (Å²) in [5, 5.41) is 4.94. The summed E-state index contributed by atoms with van der Waals surface area (Å²) in [6.45, 7) is 8.22. The number of nitrogens with zero attached hydrogens (tertiary/aromatic N) is 5. The molecule has 0 fully saturated rings. The zero-order valence-electron chi connectivity index (χ0n) is 46.8. The first kappa shape index (κ1) is 51.0. The third-order valence-corrected chi connectivity index (χ3v) is 18.2. The maximum atomic E-state index is 3.91. The monoisotopic (exact) mass is 1080 g/mol. The fraction of sp³-hybridized carbons (Fsp3) is 0.132. The third kappa shape index (κ3) is 8.99. The molecule has 10 aromatic rings. The van der Waals surface area contributed by atoms with Crippen LogP contribution in [0.25, 0.3) is 72.3 Å². The zero-order valence-corrected chi connectivity index (χ0v) is 47.7. The van der Waals surface area contributed by atoms with Crippen LogP contribution in [-0.4, -0.2) is 26.8 Å². The van der Waals surface area contributed by atoms with Gasteiger partial charge in [0.2, 0.25) is 0 Å². The molecule has 3 aliphatic carbocycles. The second-order valence-electron chi connectivity index (χ2n) is 21.9. The van der Waals surface area contributed by atoms with E-state index in [2.05, 4.69) is 288 Å². The Morgan fingerprint density at radius 2 is 1.27 bits per heavy atom. The lowest BCUT2D eigenvalue weighted by molar-refractivity contribution is 0.699. The molecular weight excluding hydrogens is 1010 g/mol. The van der Waals surface area contributed by atoms with Crippen LogP contribution in [0.15, 0.2) is 282 Å². The van der Waals surface area contributed by atoms with E-state index in [1.807, 2.05) is 23.9 Å². The van der Waals surface area contributed by atoms with E-state index in [1.165, 1.54) is 110 Å². The standard InChI is InChI=1S/C76H65N5S/c1-5-7-23-53(6-2)62-26-15-19-31-70(62)77(4)57-39-46-74-66(49-57)65-29-17-21-34-73(65)79(74)55-35-42-60(43-36-55)82-61-44-37-56(38-45-61)80-75-47-40-58(78-52(3)22-10-8-11-24-54-25-14-18-30-69(54)78)50-67(75)68-51-59(41-48-76(68)80)81-71-32-13-9-12-27-63(71)64-28-16-20-33-72(64)81/h5-12,14-15,17-27,29-31,33-38,40-45,47-51,71H,1,13,16,28,32,39,46H2,2-4H3/b10-8?,23-7-,24-11?,52-22?,53-6+. The first-order valence-corrected chi connectivity index (χ1v) is 29.8. The smallest absolute Gasteiger partial charge is 0.0598 e. The largest absolute Gasteiger partial charge is 0.348 e. The molecule has 0 saturated heterocycles. The van der Waals surface area contributed by atoms with E-state index in [4.69, 9.17) is 0 Å². The lowest BCUT2D eigenvalue weighted by atomic mass is 9.94. The van der Waals surface area contributed by atoms with Crippen LogP contribution >= 0.6 is 11.8 Å². The number of aromatic nitrogens is 3. The van der Waals surface area contributed by atoms with Crippen LogP contribution in [0.3, 0.4) is 0 Å². The van der Waals surface area contributed by atoms with E-state index in [0.29, 0.717) is 6.04 Å². The number of allylic oxidation sites excluding steroid dienone is 11. The highest BCUT2D eigenvalue weighted by Crippen LogP contribution is 2.47. The van der Waals surface area contributed by atoms with Gasteiger partial charge in [0.25, 0.3) is 0 Å². The van der Waals surface area contributed by atoms with Crippen LogP contribution < -0.4 is 9.80 Å². The molecular formula is C76H65N5S. The molecule has 400 valence electrons. The van der Waals surface area contributed by atoms with E-state index >= 15 is 0 Å². The lowest BCUT2D eigenvalue weighted by Gasteiger charge is -2.29. The molecule has 7 aromatic carbocycles. The van der Waals surface area contributed by atoms with Crippen molar-refractivity contribution in [1.29, 1.82) is 0 Å². The zero-order chi connectivity index (χ0) is 55.3. The highest BCUT2D eigenvalue weighted by atomic mass is 32.2. The Hall–Kier alpha value is -9.23. The first-order valence-electron chi connectivity index (χ1n) is 29.0. The van der Waals surface area contributed by atoms with Crippen molar-refractivity contribution in [3.05, 3.63) is 294 Å². The maximum Gasteiger partial charge on any atom is 0.0598 e. The Balaban J connectivity index is 0.802. The molecule has 82 heavy (non-hydrogen) atoms. The Morgan fingerprint density at radius 3 is 2.05 bits per heavy atom. The average Bonchev–Trinajstić information content (AvgIpc) is 4.24. The van der Waals surface area contributed by atoms with Gasteiger partial charge in [0.1, 0.15) is 0 Å². The van der Waals surface area contributed by atoms with E-state index in [-0.39, 0.29) is 0 Å².